The number of carbonyl (C=O) groups is 1. The predicted octanol–water partition coefficient (Wildman–Crippen LogP) is 3.50. The van der Waals surface area contributed by atoms with Gasteiger partial charge in [-0.25, -0.2) is 8.78 Å². The Bertz CT molecular complexity index is 835. The summed E-state index contributed by atoms with van der Waals surface area (Å²) in [5.74, 6) is -0.360. The number of amides is 1. The topological polar surface area (TPSA) is 64.1 Å². The van der Waals surface area contributed by atoms with Gasteiger partial charge in [0.15, 0.2) is 12.4 Å². The normalized spacial score (nSPS) is 10.4. The van der Waals surface area contributed by atoms with Crippen LogP contribution in [0.2, 0.25) is 0 Å². The van der Waals surface area contributed by atoms with E-state index in [2.05, 4.69) is 14.7 Å². The van der Waals surface area contributed by atoms with Crippen molar-refractivity contribution in [3.63, 3.8) is 0 Å². The summed E-state index contributed by atoms with van der Waals surface area (Å²) < 4.78 is 35.0. The molecule has 0 radical (unpaired) electrons. The fraction of sp³-hybridized carbons (Fsp3) is 0.0625. The van der Waals surface area contributed by atoms with Gasteiger partial charge in [0.25, 0.3) is 5.91 Å². The van der Waals surface area contributed by atoms with Crippen LogP contribution in [0.25, 0.3) is 11.4 Å². The average molecular weight is 347 g/mol. The van der Waals surface area contributed by atoms with Gasteiger partial charge in [0, 0.05) is 17.1 Å². The second-order valence-corrected chi connectivity index (χ2v) is 5.47. The number of nitrogens with one attached hydrogen (secondary N) is 1. The smallest absolute Gasteiger partial charge is 0.264 e. The van der Waals surface area contributed by atoms with Crippen LogP contribution in [0.1, 0.15) is 0 Å². The molecule has 0 spiro atoms. The fourth-order valence-electron chi connectivity index (χ4n) is 1.83. The van der Waals surface area contributed by atoms with Crippen molar-refractivity contribution in [3.05, 3.63) is 60.2 Å². The number of anilines is 1. The molecule has 8 heteroatoms. The van der Waals surface area contributed by atoms with Crippen molar-refractivity contribution in [2.75, 3.05) is 11.9 Å². The molecule has 0 saturated heterocycles. The molecule has 3 rings (SSSR count). The largest absolute Gasteiger partial charge is 0.484 e. The molecule has 1 amide bonds. The van der Waals surface area contributed by atoms with Crippen molar-refractivity contribution < 1.29 is 18.3 Å². The number of aromatic nitrogens is 2. The van der Waals surface area contributed by atoms with Crippen LogP contribution < -0.4 is 10.1 Å². The Morgan fingerprint density at radius 1 is 1.04 bits per heavy atom. The van der Waals surface area contributed by atoms with Gasteiger partial charge >= 0.3 is 0 Å². The lowest BCUT2D eigenvalue weighted by atomic mass is 10.2. The summed E-state index contributed by atoms with van der Waals surface area (Å²) in [7, 11) is 0. The maximum absolute atomic E-state index is 12.9. The average Bonchev–Trinajstić information content (AvgIpc) is 3.03. The number of nitrogens with zero attached hydrogens (tertiary/aromatic N) is 2. The summed E-state index contributed by atoms with van der Waals surface area (Å²) >= 11 is 1.01. The zero-order valence-electron chi connectivity index (χ0n) is 12.2. The molecule has 0 fully saturated rings. The second kappa shape index (κ2) is 7.14. The summed E-state index contributed by atoms with van der Waals surface area (Å²) in [6.45, 7) is -0.239. The van der Waals surface area contributed by atoms with E-state index in [1.54, 1.807) is 12.1 Å². The van der Waals surface area contributed by atoms with Crippen molar-refractivity contribution in [1.82, 2.24) is 9.36 Å². The Morgan fingerprint density at radius 3 is 2.33 bits per heavy atom. The number of hydrogen-bond acceptors (Lipinski definition) is 5. The maximum atomic E-state index is 12.9. The molecule has 0 atom stereocenters. The molecule has 5 nitrogen and oxygen atoms in total. The lowest BCUT2D eigenvalue weighted by molar-refractivity contribution is -0.118. The molecule has 0 bridgehead atoms. The van der Waals surface area contributed by atoms with Crippen molar-refractivity contribution in [1.29, 1.82) is 0 Å². The Hall–Kier alpha value is -2.87. The standard InChI is InChI=1S/C16H11F2N3O2S/c17-11-3-1-10(2-4-11)15-20-16(24-21-15)19-14(22)9-23-13-7-5-12(18)6-8-13/h1-8H,9H2,(H,19,20,21,22). The van der Waals surface area contributed by atoms with E-state index in [1.165, 1.54) is 36.4 Å². The Labute approximate surface area is 140 Å². The lowest BCUT2D eigenvalue weighted by Crippen LogP contribution is -2.20. The molecule has 122 valence electrons. The van der Waals surface area contributed by atoms with Gasteiger partial charge < -0.3 is 4.74 Å². The summed E-state index contributed by atoms with van der Waals surface area (Å²) in [5, 5.41) is 2.87. The Morgan fingerprint density at radius 2 is 1.67 bits per heavy atom. The van der Waals surface area contributed by atoms with Crippen LogP contribution in [0, 0.1) is 11.6 Å². The van der Waals surface area contributed by atoms with Crippen LogP contribution in [0.5, 0.6) is 5.75 Å². The van der Waals surface area contributed by atoms with Gasteiger partial charge in [-0.1, -0.05) is 0 Å². The number of benzene rings is 2. The first kappa shape index (κ1) is 16.0. The highest BCUT2D eigenvalue weighted by Gasteiger charge is 2.10. The van der Waals surface area contributed by atoms with Crippen LogP contribution >= 0.6 is 11.5 Å². The highest BCUT2D eigenvalue weighted by Crippen LogP contribution is 2.21. The van der Waals surface area contributed by atoms with Gasteiger partial charge in [0.05, 0.1) is 0 Å². The molecule has 2 aromatic carbocycles. The first-order valence-electron chi connectivity index (χ1n) is 6.88. The van der Waals surface area contributed by atoms with Crippen LogP contribution in [-0.2, 0) is 4.79 Å². The molecular formula is C16H11F2N3O2S. The van der Waals surface area contributed by atoms with Crippen LogP contribution in [-0.4, -0.2) is 21.9 Å². The van der Waals surface area contributed by atoms with Crippen LogP contribution in [0.3, 0.4) is 0 Å². The van der Waals surface area contributed by atoms with Gasteiger partial charge in [-0.2, -0.15) is 9.36 Å². The van der Waals surface area contributed by atoms with Gasteiger partial charge in [0.1, 0.15) is 17.4 Å². The number of carbonyl (C=O) groups excluding carboxylic acids is 1. The summed E-state index contributed by atoms with van der Waals surface area (Å²) in [4.78, 5) is 16.0. The Kier molecular flexibility index (Phi) is 4.76. The van der Waals surface area contributed by atoms with E-state index in [0.29, 0.717) is 22.3 Å². The number of hydrogen-bond donors (Lipinski definition) is 1. The minimum Gasteiger partial charge on any atom is -0.484 e. The SMILES string of the molecule is O=C(COc1ccc(F)cc1)Nc1nc(-c2ccc(F)cc2)ns1. The molecule has 0 aliphatic heterocycles. The molecule has 0 unspecified atom stereocenters. The van der Waals surface area contributed by atoms with Crippen molar-refractivity contribution in [2.45, 2.75) is 0 Å². The molecule has 0 aliphatic carbocycles. The highest BCUT2D eigenvalue weighted by atomic mass is 32.1. The number of halogens is 2. The molecule has 3 aromatic rings. The first-order chi connectivity index (χ1) is 11.6. The second-order valence-electron chi connectivity index (χ2n) is 4.72. The summed E-state index contributed by atoms with van der Waals surface area (Å²) in [5.41, 5.74) is 0.649. The summed E-state index contributed by atoms with van der Waals surface area (Å²) in [6.07, 6.45) is 0. The van der Waals surface area contributed by atoms with Crippen molar-refractivity contribution in [2.24, 2.45) is 0 Å². The maximum Gasteiger partial charge on any atom is 0.264 e. The van der Waals surface area contributed by atoms with Gasteiger partial charge in [0.2, 0.25) is 5.13 Å². The first-order valence-corrected chi connectivity index (χ1v) is 7.65. The highest BCUT2D eigenvalue weighted by molar-refractivity contribution is 7.10. The van der Waals surface area contributed by atoms with Gasteiger partial charge in [-0.3, -0.25) is 10.1 Å². The van der Waals surface area contributed by atoms with E-state index in [9.17, 15) is 13.6 Å². The molecule has 1 N–H and O–H groups in total. The molecule has 24 heavy (non-hydrogen) atoms. The molecule has 0 aliphatic rings. The lowest BCUT2D eigenvalue weighted by Gasteiger charge is -2.05. The van der Waals surface area contributed by atoms with Crippen LogP contribution in [0.15, 0.2) is 48.5 Å². The van der Waals surface area contributed by atoms with Crippen LogP contribution in [0.4, 0.5) is 13.9 Å². The third-order valence-corrected chi connectivity index (χ3v) is 3.59. The van der Waals surface area contributed by atoms with E-state index in [0.717, 1.165) is 11.5 Å². The summed E-state index contributed by atoms with van der Waals surface area (Å²) in [6, 6.07) is 11.1. The quantitative estimate of drug-likeness (QED) is 0.767. The third kappa shape index (κ3) is 4.11. The molecule has 0 saturated carbocycles. The minimum atomic E-state index is -0.416. The molecule has 1 heterocycles. The van der Waals surface area contributed by atoms with E-state index < -0.39 is 5.91 Å². The van der Waals surface area contributed by atoms with Crippen molar-refractivity contribution >= 4 is 22.6 Å². The number of rotatable bonds is 5. The Balaban J connectivity index is 1.57. The molecular weight excluding hydrogens is 336 g/mol. The van der Waals surface area contributed by atoms with E-state index >= 15 is 0 Å². The van der Waals surface area contributed by atoms with E-state index in [1.807, 2.05) is 0 Å². The zero-order valence-corrected chi connectivity index (χ0v) is 13.0. The molecule has 1 aromatic heterocycles. The van der Waals surface area contributed by atoms with E-state index in [-0.39, 0.29) is 18.2 Å². The number of ether oxygens (including phenoxy) is 1. The van der Waals surface area contributed by atoms with Crippen molar-refractivity contribution in [3.8, 4) is 17.1 Å². The zero-order chi connectivity index (χ0) is 16.9. The third-order valence-electron chi connectivity index (χ3n) is 2.96. The minimum absolute atomic E-state index is 0.239. The van der Waals surface area contributed by atoms with Gasteiger partial charge in [-0.05, 0) is 48.5 Å². The van der Waals surface area contributed by atoms with Gasteiger partial charge in [-0.15, -0.1) is 0 Å². The predicted molar refractivity (Wildman–Crippen MR) is 85.8 cm³/mol. The van der Waals surface area contributed by atoms with E-state index in [4.69, 9.17) is 4.74 Å². The fourth-order valence-corrected chi connectivity index (χ4v) is 2.43. The monoisotopic (exact) mass is 347 g/mol.